The summed E-state index contributed by atoms with van der Waals surface area (Å²) >= 11 is 1.95. The van der Waals surface area contributed by atoms with E-state index < -0.39 is 0 Å². The van der Waals surface area contributed by atoms with Crippen LogP contribution in [0.5, 0.6) is 0 Å². The fourth-order valence-corrected chi connectivity index (χ4v) is 2.68. The summed E-state index contributed by atoms with van der Waals surface area (Å²) in [6.45, 7) is 0. The number of anilines is 1. The van der Waals surface area contributed by atoms with E-state index in [1.807, 2.05) is 11.8 Å². The number of aromatic nitrogens is 2. The minimum absolute atomic E-state index is 0.514. The van der Waals surface area contributed by atoms with Crippen LogP contribution in [0.1, 0.15) is 18.0 Å². The molecule has 12 heavy (non-hydrogen) atoms. The zero-order valence-electron chi connectivity index (χ0n) is 6.73. The molecule has 0 spiro atoms. The van der Waals surface area contributed by atoms with Crippen molar-refractivity contribution in [2.24, 2.45) is 0 Å². The van der Waals surface area contributed by atoms with Gasteiger partial charge in [0, 0.05) is 11.7 Å². The molecule has 1 aliphatic rings. The first-order chi connectivity index (χ1) is 5.79. The summed E-state index contributed by atoms with van der Waals surface area (Å²) in [7, 11) is 0. The maximum atomic E-state index is 5.75. The average molecular weight is 184 g/mol. The highest BCUT2D eigenvalue weighted by atomic mass is 32.2. The van der Waals surface area contributed by atoms with Crippen LogP contribution in [0, 0.1) is 0 Å². The lowest BCUT2D eigenvalue weighted by atomic mass is 10.1. The predicted molar refractivity (Wildman–Crippen MR) is 51.5 cm³/mol. The summed E-state index contributed by atoms with van der Waals surface area (Å²) in [5.74, 6) is 8.99. The molecular weight excluding hydrogens is 172 g/mol. The van der Waals surface area contributed by atoms with Gasteiger partial charge in [-0.3, -0.25) is 0 Å². The molecule has 1 aliphatic heterocycles. The first-order valence-corrected chi connectivity index (χ1v) is 5.10. The highest BCUT2D eigenvalue weighted by Gasteiger charge is 2.22. The first-order valence-electron chi connectivity index (χ1n) is 3.94. The molecule has 4 nitrogen and oxygen atoms in total. The van der Waals surface area contributed by atoms with Crippen LogP contribution in [0.3, 0.4) is 0 Å². The summed E-state index contributed by atoms with van der Waals surface area (Å²) < 4.78 is 1.39. The van der Waals surface area contributed by atoms with Crippen molar-refractivity contribution < 1.29 is 0 Å². The smallest absolute Gasteiger partial charge is 0.145 e. The Balaban J connectivity index is 2.26. The second kappa shape index (κ2) is 2.90. The molecule has 0 aliphatic carbocycles. The van der Waals surface area contributed by atoms with Crippen LogP contribution in [-0.4, -0.2) is 21.2 Å². The van der Waals surface area contributed by atoms with E-state index >= 15 is 0 Å². The highest BCUT2D eigenvalue weighted by Crippen LogP contribution is 2.33. The van der Waals surface area contributed by atoms with E-state index in [9.17, 15) is 0 Å². The maximum Gasteiger partial charge on any atom is 0.145 e. The van der Waals surface area contributed by atoms with Gasteiger partial charge in [-0.25, -0.2) is 9.66 Å². The Morgan fingerprint density at radius 3 is 3.00 bits per heavy atom. The Morgan fingerprint density at radius 1 is 1.67 bits per heavy atom. The van der Waals surface area contributed by atoms with E-state index in [0.717, 1.165) is 11.4 Å². The van der Waals surface area contributed by atoms with Gasteiger partial charge in [-0.15, -0.1) is 0 Å². The van der Waals surface area contributed by atoms with E-state index in [-0.39, 0.29) is 0 Å². The van der Waals surface area contributed by atoms with E-state index in [0.29, 0.717) is 11.7 Å². The monoisotopic (exact) mass is 184 g/mol. The predicted octanol–water partition coefficient (Wildman–Crippen LogP) is 0.400. The lowest BCUT2D eigenvalue weighted by Crippen LogP contribution is -2.11. The second-order valence-electron chi connectivity index (χ2n) is 2.98. The van der Waals surface area contributed by atoms with Gasteiger partial charge in [0.15, 0.2) is 0 Å². The summed E-state index contributed by atoms with van der Waals surface area (Å²) in [4.78, 5) is 4.20. The molecular formula is C7H12N4S. The molecule has 0 aromatic carbocycles. The molecule has 2 rings (SSSR count). The quantitative estimate of drug-likeness (QED) is 0.620. The number of rotatable bonds is 1. The SMILES string of the molecule is Nc1c(C2CCSC2)ncn1N. The third-order valence-electron chi connectivity index (χ3n) is 2.18. The molecule has 2 heterocycles. The van der Waals surface area contributed by atoms with Gasteiger partial charge >= 0.3 is 0 Å². The van der Waals surface area contributed by atoms with Gasteiger partial charge < -0.3 is 11.6 Å². The molecule has 0 amide bonds. The molecule has 0 radical (unpaired) electrons. The number of thioether (sulfide) groups is 1. The molecule has 0 bridgehead atoms. The lowest BCUT2D eigenvalue weighted by molar-refractivity contribution is 0.760. The zero-order chi connectivity index (χ0) is 8.55. The Hall–Kier alpha value is -0.840. The van der Waals surface area contributed by atoms with Crippen molar-refractivity contribution in [3.63, 3.8) is 0 Å². The van der Waals surface area contributed by atoms with Gasteiger partial charge in [-0.1, -0.05) is 0 Å². The number of nitrogens with two attached hydrogens (primary N) is 2. The molecule has 1 saturated heterocycles. The normalized spacial score (nSPS) is 23.2. The van der Waals surface area contributed by atoms with Crippen molar-refractivity contribution in [3.05, 3.63) is 12.0 Å². The van der Waals surface area contributed by atoms with Crippen LogP contribution in [0.15, 0.2) is 6.33 Å². The van der Waals surface area contributed by atoms with Crippen LogP contribution in [-0.2, 0) is 0 Å². The Bertz CT molecular complexity index is 277. The molecule has 1 fully saturated rings. The van der Waals surface area contributed by atoms with Crippen molar-refractivity contribution in [2.75, 3.05) is 23.1 Å². The van der Waals surface area contributed by atoms with Crippen LogP contribution in [0.4, 0.5) is 5.82 Å². The Labute approximate surface area is 75.3 Å². The fourth-order valence-electron chi connectivity index (χ4n) is 1.45. The van der Waals surface area contributed by atoms with Crippen molar-refractivity contribution in [3.8, 4) is 0 Å². The number of imidazole rings is 1. The van der Waals surface area contributed by atoms with Crippen LogP contribution in [0.25, 0.3) is 0 Å². The maximum absolute atomic E-state index is 5.75. The topological polar surface area (TPSA) is 69.9 Å². The Kier molecular flexibility index (Phi) is 1.88. The molecule has 1 unspecified atom stereocenters. The van der Waals surface area contributed by atoms with Gasteiger partial charge in [-0.2, -0.15) is 11.8 Å². The molecule has 1 atom stereocenters. The average Bonchev–Trinajstić information content (AvgIpc) is 2.64. The number of hydrogen-bond acceptors (Lipinski definition) is 4. The number of nitrogen functional groups attached to an aromatic ring is 2. The van der Waals surface area contributed by atoms with Crippen LogP contribution >= 0.6 is 11.8 Å². The summed E-state index contributed by atoms with van der Waals surface area (Å²) in [6.07, 6.45) is 2.75. The number of nitrogens with zero attached hydrogens (tertiary/aromatic N) is 2. The van der Waals surface area contributed by atoms with Gasteiger partial charge in [0.25, 0.3) is 0 Å². The lowest BCUT2D eigenvalue weighted by Gasteiger charge is -2.05. The van der Waals surface area contributed by atoms with Crippen LogP contribution < -0.4 is 11.6 Å². The van der Waals surface area contributed by atoms with Gasteiger partial charge in [0.2, 0.25) is 0 Å². The molecule has 4 N–H and O–H groups in total. The minimum atomic E-state index is 0.514. The van der Waals surface area contributed by atoms with Gasteiger partial charge in [-0.05, 0) is 12.2 Å². The van der Waals surface area contributed by atoms with E-state index in [4.69, 9.17) is 11.6 Å². The molecule has 1 aromatic heterocycles. The molecule has 5 heteroatoms. The largest absolute Gasteiger partial charge is 0.382 e. The third kappa shape index (κ3) is 1.14. The van der Waals surface area contributed by atoms with Crippen molar-refractivity contribution in [1.82, 2.24) is 9.66 Å². The highest BCUT2D eigenvalue weighted by molar-refractivity contribution is 7.99. The standard InChI is InChI=1S/C7H12N4S/c8-7-6(10-4-11(7)9)5-1-2-12-3-5/h4-5H,1-3,8-9H2. The minimum Gasteiger partial charge on any atom is -0.382 e. The molecule has 0 saturated carbocycles. The second-order valence-corrected chi connectivity index (χ2v) is 4.13. The third-order valence-corrected chi connectivity index (χ3v) is 3.34. The van der Waals surface area contributed by atoms with Crippen LogP contribution in [0.2, 0.25) is 0 Å². The van der Waals surface area contributed by atoms with E-state index in [1.54, 1.807) is 6.33 Å². The van der Waals surface area contributed by atoms with Crippen molar-refractivity contribution >= 4 is 17.6 Å². The van der Waals surface area contributed by atoms with Crippen molar-refractivity contribution in [2.45, 2.75) is 12.3 Å². The summed E-state index contributed by atoms with van der Waals surface area (Å²) in [5.41, 5.74) is 6.72. The molecule has 66 valence electrons. The number of hydrogen-bond donors (Lipinski definition) is 2. The van der Waals surface area contributed by atoms with Gasteiger partial charge in [0.05, 0.1) is 5.69 Å². The fraction of sp³-hybridized carbons (Fsp3) is 0.571. The van der Waals surface area contributed by atoms with Crippen molar-refractivity contribution in [1.29, 1.82) is 0 Å². The Morgan fingerprint density at radius 2 is 2.50 bits per heavy atom. The molecule has 1 aromatic rings. The first kappa shape index (κ1) is 7.79. The summed E-state index contributed by atoms with van der Waals surface area (Å²) in [6, 6.07) is 0. The summed E-state index contributed by atoms with van der Waals surface area (Å²) in [5, 5.41) is 0. The zero-order valence-corrected chi connectivity index (χ0v) is 7.55. The van der Waals surface area contributed by atoms with E-state index in [2.05, 4.69) is 4.98 Å². The van der Waals surface area contributed by atoms with E-state index in [1.165, 1.54) is 16.8 Å². The van der Waals surface area contributed by atoms with Gasteiger partial charge in [0.1, 0.15) is 12.1 Å².